The van der Waals surface area contributed by atoms with Crippen LogP contribution in [0.5, 0.6) is 0 Å². The number of nitrogens with two attached hydrogens (primary N) is 1. The quantitative estimate of drug-likeness (QED) is 0.494. The number of hydrogen-bond donors (Lipinski definition) is 2. The second-order valence-electron chi connectivity index (χ2n) is 14.3. The zero-order valence-corrected chi connectivity index (χ0v) is 26.5. The van der Waals surface area contributed by atoms with Gasteiger partial charge in [0.05, 0.1) is 24.2 Å². The number of nitrogens with one attached hydrogen (secondary N) is 1. The van der Waals surface area contributed by atoms with Crippen LogP contribution in [-0.2, 0) is 19.7 Å². The summed E-state index contributed by atoms with van der Waals surface area (Å²) in [7, 11) is -3.20. The number of carbonyl (C=O) groups is 2. The maximum absolute atomic E-state index is 13.3. The van der Waals surface area contributed by atoms with Crippen molar-refractivity contribution in [3.8, 4) is 0 Å². The fraction of sp³-hybridized carbons (Fsp3) is 0.576. The maximum atomic E-state index is 13.3. The molecule has 3 N–H and O–H groups in total. The molecule has 7 aliphatic rings. The summed E-state index contributed by atoms with van der Waals surface area (Å²) in [6.45, 7) is 2.56. The molecule has 3 aliphatic heterocycles. The van der Waals surface area contributed by atoms with Gasteiger partial charge in [0, 0.05) is 54.5 Å². The minimum Gasteiger partial charge on any atom is -0.369 e. The first-order valence-corrected chi connectivity index (χ1v) is 18.2. The van der Waals surface area contributed by atoms with Gasteiger partial charge in [-0.2, -0.15) is 4.31 Å². The van der Waals surface area contributed by atoms with Crippen LogP contribution in [0.3, 0.4) is 0 Å². The van der Waals surface area contributed by atoms with Crippen LogP contribution in [-0.4, -0.2) is 75.3 Å². The fourth-order valence-corrected chi connectivity index (χ4v) is 11.4. The third-order valence-electron chi connectivity index (χ3n) is 11.6. The number of piperazine rings is 1. The number of amides is 2. The number of hydroxylamine groups is 1. The number of carbonyl (C=O) groups excluding carboxylic acids is 2. The molecule has 3 heterocycles. The normalized spacial score (nSPS) is 33.7. The van der Waals surface area contributed by atoms with Crippen molar-refractivity contribution in [1.82, 2.24) is 9.62 Å². The van der Waals surface area contributed by atoms with Crippen LogP contribution in [0.2, 0.25) is 0 Å². The standard InChI is InChI=1S/C33H42N6O5S/c1-45(42,43)39-26-10-11-27(39)20-36(19-26)24-6-8-25(9-7-24)37-12-13-38(29-5-3-2-4-28(29)37)44-32(41)35-30-22-14-21-15-23(30)18-33(16-21,17-22)31(34)40/h2-9,21-23,26-27,30H,10-20H2,1H3,(H2,34,40)(H,35,41)/t21?,22?,23?,26-,27-,30?,33?/m1/s1. The van der Waals surface area contributed by atoms with Gasteiger partial charge in [-0.05, 0) is 99.1 Å². The molecule has 2 aromatic rings. The molecule has 12 heteroatoms. The second kappa shape index (κ2) is 10.5. The van der Waals surface area contributed by atoms with E-state index in [4.69, 9.17) is 10.6 Å². The highest BCUT2D eigenvalue weighted by atomic mass is 32.2. The van der Waals surface area contributed by atoms with Gasteiger partial charge < -0.3 is 25.7 Å². The van der Waals surface area contributed by atoms with E-state index >= 15 is 0 Å². The molecule has 0 spiro atoms. The SMILES string of the molecule is CS(=O)(=O)N1[C@@H]2CC[C@@H]1CN(c1ccc(N3CCN(OC(=O)NC4C5CC6CC4CC(C(N)=O)(C6)C5)c4ccccc43)cc1)C2. The molecule has 2 unspecified atom stereocenters. The minimum atomic E-state index is -3.20. The zero-order valence-electron chi connectivity index (χ0n) is 25.7. The van der Waals surface area contributed by atoms with Gasteiger partial charge in [-0.3, -0.25) is 4.79 Å². The Kier molecular flexibility index (Phi) is 6.76. The Morgan fingerprint density at radius 2 is 1.51 bits per heavy atom. The van der Waals surface area contributed by atoms with Crippen molar-refractivity contribution >= 4 is 44.8 Å². The molecule has 2 amide bonds. The number of rotatable bonds is 6. The molecule has 9 rings (SSSR count). The largest absolute Gasteiger partial charge is 0.431 e. The summed E-state index contributed by atoms with van der Waals surface area (Å²) < 4.78 is 26.4. The van der Waals surface area contributed by atoms with E-state index in [1.165, 1.54) is 6.26 Å². The molecule has 4 atom stereocenters. The maximum Gasteiger partial charge on any atom is 0.431 e. The van der Waals surface area contributed by atoms with Crippen molar-refractivity contribution in [2.45, 2.75) is 63.1 Å². The Balaban J connectivity index is 0.937. The number of para-hydroxylation sites is 2. The topological polar surface area (TPSA) is 129 Å². The molecule has 4 aliphatic carbocycles. The van der Waals surface area contributed by atoms with Crippen molar-refractivity contribution in [3.05, 3.63) is 48.5 Å². The van der Waals surface area contributed by atoms with Gasteiger partial charge in [-0.15, -0.1) is 0 Å². The number of nitrogens with zero attached hydrogens (tertiary/aromatic N) is 4. The molecule has 240 valence electrons. The highest BCUT2D eigenvalue weighted by Gasteiger charge is 2.58. The number of anilines is 4. The molecule has 11 nitrogen and oxygen atoms in total. The summed E-state index contributed by atoms with van der Waals surface area (Å²) in [6, 6.07) is 16.5. The lowest BCUT2D eigenvalue weighted by Crippen LogP contribution is -2.62. The lowest BCUT2D eigenvalue weighted by Gasteiger charge is -2.58. The molecule has 0 radical (unpaired) electrons. The Bertz CT molecular complexity index is 1590. The zero-order chi connectivity index (χ0) is 31.1. The van der Waals surface area contributed by atoms with Crippen LogP contribution in [0.25, 0.3) is 0 Å². The third-order valence-corrected chi connectivity index (χ3v) is 12.9. The number of hydrogen-bond acceptors (Lipinski definition) is 8. The molecular formula is C33H42N6O5S. The van der Waals surface area contributed by atoms with Crippen molar-refractivity contribution in [2.24, 2.45) is 28.9 Å². The second-order valence-corrected chi connectivity index (χ2v) is 16.2. The van der Waals surface area contributed by atoms with E-state index < -0.39 is 16.1 Å². The summed E-state index contributed by atoms with van der Waals surface area (Å²) in [5.74, 6) is 0.883. The van der Waals surface area contributed by atoms with E-state index in [9.17, 15) is 18.0 Å². The first-order chi connectivity index (χ1) is 21.6. The third kappa shape index (κ3) is 4.91. The first kappa shape index (κ1) is 28.9. The average molecular weight is 635 g/mol. The average Bonchev–Trinajstić information content (AvgIpc) is 3.30. The molecule has 4 saturated carbocycles. The van der Waals surface area contributed by atoms with E-state index in [0.29, 0.717) is 32.1 Å². The molecule has 45 heavy (non-hydrogen) atoms. The number of benzene rings is 2. The Morgan fingerprint density at radius 1 is 0.889 bits per heavy atom. The van der Waals surface area contributed by atoms with Gasteiger partial charge in [-0.1, -0.05) is 12.1 Å². The van der Waals surface area contributed by atoms with Gasteiger partial charge in [-0.25, -0.2) is 18.3 Å². The van der Waals surface area contributed by atoms with E-state index in [-0.39, 0.29) is 41.3 Å². The summed E-state index contributed by atoms with van der Waals surface area (Å²) in [5.41, 5.74) is 9.39. The smallest absolute Gasteiger partial charge is 0.369 e. The van der Waals surface area contributed by atoms with Crippen LogP contribution >= 0.6 is 0 Å². The van der Waals surface area contributed by atoms with Crippen LogP contribution in [0.1, 0.15) is 44.9 Å². The molecule has 2 aromatic carbocycles. The van der Waals surface area contributed by atoms with Gasteiger partial charge in [0.2, 0.25) is 15.9 Å². The van der Waals surface area contributed by atoms with Crippen LogP contribution in [0.15, 0.2) is 48.5 Å². The number of sulfonamides is 1. The highest BCUT2D eigenvalue weighted by molar-refractivity contribution is 7.88. The monoisotopic (exact) mass is 634 g/mol. The van der Waals surface area contributed by atoms with Gasteiger partial charge in [0.15, 0.2) is 0 Å². The number of fused-ring (bicyclic) bond motifs is 3. The predicted octanol–water partition coefficient (Wildman–Crippen LogP) is 3.58. The van der Waals surface area contributed by atoms with Gasteiger partial charge in [0.1, 0.15) is 0 Å². The van der Waals surface area contributed by atoms with E-state index in [1.807, 2.05) is 24.3 Å². The summed E-state index contributed by atoms with van der Waals surface area (Å²) >= 11 is 0. The molecule has 0 aromatic heterocycles. The van der Waals surface area contributed by atoms with Crippen molar-refractivity contribution in [1.29, 1.82) is 0 Å². The van der Waals surface area contributed by atoms with E-state index in [2.05, 4.69) is 39.4 Å². The van der Waals surface area contributed by atoms with Crippen molar-refractivity contribution in [3.63, 3.8) is 0 Å². The van der Waals surface area contributed by atoms with E-state index in [0.717, 1.165) is 67.7 Å². The molecule has 2 saturated heterocycles. The lowest BCUT2D eigenvalue weighted by atomic mass is 9.47. The Morgan fingerprint density at radius 3 is 2.13 bits per heavy atom. The first-order valence-electron chi connectivity index (χ1n) is 16.3. The number of primary amides is 1. The van der Waals surface area contributed by atoms with Crippen molar-refractivity contribution < 1.29 is 22.8 Å². The van der Waals surface area contributed by atoms with Gasteiger partial charge in [0.25, 0.3) is 0 Å². The summed E-state index contributed by atoms with van der Waals surface area (Å²) in [4.78, 5) is 36.1. The molecule has 6 bridgehead atoms. The minimum absolute atomic E-state index is 0.0149. The van der Waals surface area contributed by atoms with Crippen LogP contribution < -0.4 is 25.9 Å². The summed E-state index contributed by atoms with van der Waals surface area (Å²) in [5, 5.41) is 4.88. The van der Waals surface area contributed by atoms with E-state index in [1.54, 1.807) is 9.37 Å². The Hall–Kier alpha value is -3.51. The molecular weight excluding hydrogens is 592 g/mol. The Labute approximate surface area is 264 Å². The lowest BCUT2D eigenvalue weighted by molar-refractivity contribution is -0.145. The van der Waals surface area contributed by atoms with Crippen LogP contribution in [0, 0.1) is 23.2 Å². The van der Waals surface area contributed by atoms with Gasteiger partial charge >= 0.3 is 6.09 Å². The summed E-state index contributed by atoms with van der Waals surface area (Å²) in [6.07, 6.45) is 7.19. The predicted molar refractivity (Wildman–Crippen MR) is 172 cm³/mol. The van der Waals surface area contributed by atoms with Crippen molar-refractivity contribution in [2.75, 3.05) is 47.3 Å². The highest BCUT2D eigenvalue weighted by Crippen LogP contribution is 2.60. The van der Waals surface area contributed by atoms with Crippen LogP contribution in [0.4, 0.5) is 27.5 Å². The molecule has 6 fully saturated rings. The fourth-order valence-electron chi connectivity index (χ4n) is 9.98.